The van der Waals surface area contributed by atoms with Gasteiger partial charge in [0.2, 0.25) is 0 Å². The van der Waals surface area contributed by atoms with Crippen molar-refractivity contribution in [2.45, 2.75) is 55.3 Å². The summed E-state index contributed by atoms with van der Waals surface area (Å²) in [5.74, 6) is 1.32. The summed E-state index contributed by atoms with van der Waals surface area (Å²) in [7, 11) is 0. The van der Waals surface area contributed by atoms with Crippen LogP contribution in [0.5, 0.6) is 11.5 Å². The number of nitrogens with zero attached hydrogens (tertiary/aromatic N) is 2. The Morgan fingerprint density at radius 3 is 2.91 bits per heavy atom. The molecule has 1 saturated heterocycles. The van der Waals surface area contributed by atoms with Crippen LogP contribution in [0.25, 0.3) is 10.9 Å². The van der Waals surface area contributed by atoms with Crippen molar-refractivity contribution in [3.63, 3.8) is 0 Å². The lowest BCUT2D eigenvalue weighted by molar-refractivity contribution is -0.384. The van der Waals surface area contributed by atoms with Crippen molar-refractivity contribution in [3.8, 4) is 11.5 Å². The third-order valence-corrected chi connectivity index (χ3v) is 9.36. The van der Waals surface area contributed by atoms with Gasteiger partial charge in [-0.3, -0.25) is 15.0 Å². The highest BCUT2D eigenvalue weighted by Crippen LogP contribution is 2.69. The van der Waals surface area contributed by atoms with Crippen LogP contribution in [0.15, 0.2) is 30.3 Å². The Morgan fingerprint density at radius 1 is 1.26 bits per heavy atom. The van der Waals surface area contributed by atoms with E-state index in [-0.39, 0.29) is 22.4 Å². The number of ether oxygens (including phenoxy) is 1. The van der Waals surface area contributed by atoms with Crippen LogP contribution in [0.1, 0.15) is 47.8 Å². The lowest BCUT2D eigenvalue weighted by Crippen LogP contribution is -2.74. The highest BCUT2D eigenvalue weighted by molar-refractivity contribution is 5.88. The van der Waals surface area contributed by atoms with Gasteiger partial charge in [-0.2, -0.15) is 0 Å². The maximum atomic E-state index is 12.7. The molecule has 0 unspecified atom stereocenters. The summed E-state index contributed by atoms with van der Waals surface area (Å²) < 4.78 is 6.54. The van der Waals surface area contributed by atoms with Gasteiger partial charge in [0.1, 0.15) is 0 Å². The molecule has 5 aliphatic rings. The number of aliphatic hydroxyl groups is 1. The van der Waals surface area contributed by atoms with Crippen LogP contribution in [0.3, 0.4) is 0 Å². The van der Waals surface area contributed by atoms with Crippen molar-refractivity contribution in [2.24, 2.45) is 5.92 Å². The average Bonchev–Trinajstić information content (AvgIpc) is 3.45. The standard InChI is InChI=1S/C26H25N3O5/c30-19-6-3-14-9-20-26(31)11-17-16-5-4-15(29(32)33)10-18(16)27-22(17)24-25(26,21(14)23(19)34-24)7-8-28(20)12-13-1-2-13/h3-6,10,13,20,24,27,30-31H,1-2,7-9,11-12H2/t20-,24+,25+,26-/m1/s1. The molecule has 3 N–H and O–H groups in total. The normalized spacial score (nSPS) is 32.9. The van der Waals surface area contributed by atoms with E-state index >= 15 is 0 Å². The Morgan fingerprint density at radius 2 is 2.12 bits per heavy atom. The molecule has 2 aromatic carbocycles. The van der Waals surface area contributed by atoms with Crippen molar-refractivity contribution in [1.29, 1.82) is 0 Å². The Balaban J connectivity index is 1.39. The van der Waals surface area contributed by atoms with Crippen LogP contribution < -0.4 is 4.74 Å². The molecule has 4 atom stereocenters. The van der Waals surface area contributed by atoms with E-state index in [0.717, 1.165) is 59.6 Å². The van der Waals surface area contributed by atoms with Crippen LogP contribution >= 0.6 is 0 Å². The molecule has 1 aromatic heterocycles. The van der Waals surface area contributed by atoms with E-state index in [1.54, 1.807) is 18.2 Å². The average molecular weight is 460 g/mol. The van der Waals surface area contributed by atoms with Gasteiger partial charge >= 0.3 is 0 Å². The molecule has 3 aliphatic carbocycles. The maximum Gasteiger partial charge on any atom is 0.271 e. The summed E-state index contributed by atoms with van der Waals surface area (Å²) in [6, 6.07) is 8.56. The Labute approximate surface area is 195 Å². The number of nitro benzene ring substituents is 1. The Bertz CT molecular complexity index is 1430. The molecule has 2 aliphatic heterocycles. The highest BCUT2D eigenvalue weighted by Gasteiger charge is 2.72. The van der Waals surface area contributed by atoms with Crippen LogP contribution in [-0.2, 0) is 18.3 Å². The predicted octanol–water partition coefficient (Wildman–Crippen LogP) is 3.48. The quantitative estimate of drug-likeness (QED) is 0.408. The summed E-state index contributed by atoms with van der Waals surface area (Å²) >= 11 is 0. The lowest BCUT2D eigenvalue weighted by atomic mass is 9.49. The van der Waals surface area contributed by atoms with E-state index in [0.29, 0.717) is 17.7 Å². The predicted molar refractivity (Wildman–Crippen MR) is 123 cm³/mol. The van der Waals surface area contributed by atoms with E-state index in [2.05, 4.69) is 9.88 Å². The fourth-order valence-corrected chi connectivity index (χ4v) is 7.73. The number of phenols is 1. The molecule has 3 heterocycles. The molecule has 8 heteroatoms. The molecular formula is C26H25N3O5. The van der Waals surface area contributed by atoms with E-state index in [1.165, 1.54) is 18.9 Å². The number of phenolic OH excluding ortho intramolecular Hbond substituents is 1. The molecule has 174 valence electrons. The minimum Gasteiger partial charge on any atom is -0.504 e. The molecule has 1 spiro atoms. The van der Waals surface area contributed by atoms with Gasteiger partial charge in [0, 0.05) is 42.1 Å². The topological polar surface area (TPSA) is 112 Å². The van der Waals surface area contributed by atoms with Crippen molar-refractivity contribution < 1.29 is 19.9 Å². The summed E-state index contributed by atoms with van der Waals surface area (Å²) in [4.78, 5) is 16.9. The number of benzene rings is 2. The number of nitro groups is 1. The first kappa shape index (κ1) is 19.2. The minimum absolute atomic E-state index is 0.0327. The van der Waals surface area contributed by atoms with Crippen molar-refractivity contribution in [2.75, 3.05) is 13.1 Å². The molecule has 8 rings (SSSR count). The number of aromatic hydroxyl groups is 1. The zero-order chi connectivity index (χ0) is 23.0. The van der Waals surface area contributed by atoms with Crippen molar-refractivity contribution in [3.05, 3.63) is 62.8 Å². The third-order valence-electron chi connectivity index (χ3n) is 9.36. The number of likely N-dealkylation sites (tertiary alicyclic amines) is 1. The first-order valence-corrected chi connectivity index (χ1v) is 12.2. The first-order valence-electron chi connectivity index (χ1n) is 12.2. The van der Waals surface area contributed by atoms with Gasteiger partial charge in [-0.05, 0) is 61.4 Å². The van der Waals surface area contributed by atoms with Gasteiger partial charge in [-0.25, -0.2) is 0 Å². The fourth-order valence-electron chi connectivity index (χ4n) is 7.73. The second-order valence-electron chi connectivity index (χ2n) is 10.9. The summed E-state index contributed by atoms with van der Waals surface area (Å²) in [6.45, 7) is 1.90. The second kappa shape index (κ2) is 5.93. The monoisotopic (exact) mass is 459 g/mol. The molecule has 2 fully saturated rings. The molecule has 8 nitrogen and oxygen atoms in total. The summed E-state index contributed by atoms with van der Waals surface area (Å²) in [5.41, 5.74) is 2.98. The number of aromatic amines is 1. The van der Waals surface area contributed by atoms with Crippen LogP contribution in [0.2, 0.25) is 0 Å². The first-order chi connectivity index (χ1) is 16.4. The van der Waals surface area contributed by atoms with Crippen LogP contribution in [-0.4, -0.2) is 49.8 Å². The molecular weight excluding hydrogens is 434 g/mol. The van der Waals surface area contributed by atoms with Gasteiger partial charge in [0.25, 0.3) is 5.69 Å². The number of H-pyrrole nitrogens is 1. The van der Waals surface area contributed by atoms with E-state index in [1.807, 2.05) is 6.07 Å². The van der Waals surface area contributed by atoms with Crippen LogP contribution in [0.4, 0.5) is 5.69 Å². The number of fused-ring (bicyclic) bond motifs is 4. The number of aromatic nitrogens is 1. The second-order valence-corrected chi connectivity index (χ2v) is 10.9. The number of non-ortho nitro benzene ring substituents is 1. The number of rotatable bonds is 3. The molecule has 3 aromatic rings. The molecule has 2 bridgehead atoms. The lowest BCUT2D eigenvalue weighted by Gasteiger charge is -2.62. The largest absolute Gasteiger partial charge is 0.504 e. The van der Waals surface area contributed by atoms with E-state index < -0.39 is 17.1 Å². The van der Waals surface area contributed by atoms with Gasteiger partial charge in [0.05, 0.1) is 27.1 Å². The molecule has 0 radical (unpaired) electrons. The Kier molecular flexibility index (Phi) is 3.35. The Hall–Kier alpha value is -3.10. The SMILES string of the molecule is O=[N+]([O-])c1ccc2c3c([nH]c2c1)[C@@H]1Oc2c(O)ccc4c2[C@@]12CCN(CC1CC1)[C@H](C4)[C@]2(O)C3. The van der Waals surface area contributed by atoms with Gasteiger partial charge in [-0.1, -0.05) is 6.07 Å². The summed E-state index contributed by atoms with van der Waals surface area (Å²) in [5, 5.41) is 35.8. The minimum atomic E-state index is -1.05. The van der Waals surface area contributed by atoms with E-state index in [4.69, 9.17) is 4.74 Å². The van der Waals surface area contributed by atoms with Gasteiger partial charge < -0.3 is 19.9 Å². The highest BCUT2D eigenvalue weighted by atomic mass is 16.6. The van der Waals surface area contributed by atoms with Crippen molar-refractivity contribution >= 4 is 16.6 Å². The zero-order valence-electron chi connectivity index (χ0n) is 18.6. The smallest absolute Gasteiger partial charge is 0.271 e. The summed E-state index contributed by atoms with van der Waals surface area (Å²) in [6.07, 6.45) is 3.99. The van der Waals surface area contributed by atoms with Gasteiger partial charge in [-0.15, -0.1) is 0 Å². The van der Waals surface area contributed by atoms with E-state index in [9.17, 15) is 20.3 Å². The zero-order valence-corrected chi connectivity index (χ0v) is 18.6. The fraction of sp³-hybridized carbons (Fsp3) is 0.462. The molecule has 0 amide bonds. The number of piperidine rings is 1. The molecule has 34 heavy (non-hydrogen) atoms. The maximum absolute atomic E-state index is 12.7. The van der Waals surface area contributed by atoms with Crippen molar-refractivity contribution in [1.82, 2.24) is 9.88 Å². The number of hydrogen-bond acceptors (Lipinski definition) is 6. The molecule has 1 saturated carbocycles. The van der Waals surface area contributed by atoms with Gasteiger partial charge in [0.15, 0.2) is 17.6 Å². The third kappa shape index (κ3) is 2.08. The number of nitrogens with one attached hydrogen (secondary N) is 1. The van der Waals surface area contributed by atoms with Crippen LogP contribution in [0, 0.1) is 16.0 Å². The number of hydrogen-bond donors (Lipinski definition) is 3.